The Labute approximate surface area is 99.3 Å². The molecule has 0 aliphatic heterocycles. The SMILES string of the molecule is CC(C)=CCC\C(C)=C/C=C/C(C)=C/C=O. The third-order valence-electron chi connectivity index (χ3n) is 2.16. The molecule has 0 saturated carbocycles. The molecule has 0 aliphatic carbocycles. The number of carbonyl (C=O) groups is 1. The first kappa shape index (κ1) is 14.6. The minimum Gasteiger partial charge on any atom is -0.299 e. The van der Waals surface area contributed by atoms with Gasteiger partial charge in [0.1, 0.15) is 6.29 Å². The van der Waals surface area contributed by atoms with E-state index in [9.17, 15) is 4.79 Å². The lowest BCUT2D eigenvalue weighted by atomic mass is 10.1. The molecule has 0 radical (unpaired) electrons. The van der Waals surface area contributed by atoms with Gasteiger partial charge >= 0.3 is 0 Å². The van der Waals surface area contributed by atoms with E-state index in [1.54, 1.807) is 6.08 Å². The highest BCUT2D eigenvalue weighted by atomic mass is 16.1. The summed E-state index contributed by atoms with van der Waals surface area (Å²) in [7, 11) is 0. The van der Waals surface area contributed by atoms with Crippen molar-refractivity contribution in [1.29, 1.82) is 0 Å². The van der Waals surface area contributed by atoms with Crippen LogP contribution in [0.3, 0.4) is 0 Å². The Morgan fingerprint density at radius 2 is 1.75 bits per heavy atom. The summed E-state index contributed by atoms with van der Waals surface area (Å²) in [5, 5.41) is 0. The molecule has 0 saturated heterocycles. The smallest absolute Gasteiger partial charge is 0.143 e. The highest BCUT2D eigenvalue weighted by molar-refractivity contribution is 5.66. The Bertz CT molecular complexity index is 323. The molecule has 0 atom stereocenters. The van der Waals surface area contributed by atoms with Crippen molar-refractivity contribution in [3.05, 3.63) is 47.1 Å². The largest absolute Gasteiger partial charge is 0.299 e. The zero-order valence-electron chi connectivity index (χ0n) is 10.8. The fourth-order valence-corrected chi connectivity index (χ4v) is 1.20. The molecule has 0 aliphatic rings. The number of hydrogen-bond donors (Lipinski definition) is 0. The van der Waals surface area contributed by atoms with Crippen molar-refractivity contribution in [1.82, 2.24) is 0 Å². The van der Waals surface area contributed by atoms with E-state index < -0.39 is 0 Å². The van der Waals surface area contributed by atoms with Gasteiger partial charge in [-0.05, 0) is 52.2 Å². The first-order chi connectivity index (χ1) is 7.56. The van der Waals surface area contributed by atoms with Gasteiger partial charge in [0, 0.05) is 0 Å². The second kappa shape index (κ2) is 8.90. The monoisotopic (exact) mass is 218 g/mol. The van der Waals surface area contributed by atoms with Crippen LogP contribution >= 0.6 is 0 Å². The third-order valence-corrected chi connectivity index (χ3v) is 2.16. The molecule has 0 fully saturated rings. The van der Waals surface area contributed by atoms with E-state index in [1.165, 1.54) is 11.1 Å². The molecule has 0 unspecified atom stereocenters. The Kier molecular flexibility index (Phi) is 8.14. The van der Waals surface area contributed by atoms with Crippen LogP contribution in [0.25, 0.3) is 0 Å². The maximum absolute atomic E-state index is 10.2. The van der Waals surface area contributed by atoms with Crippen molar-refractivity contribution in [2.24, 2.45) is 0 Å². The number of hydrogen-bond acceptors (Lipinski definition) is 1. The lowest BCUT2D eigenvalue weighted by molar-refractivity contribution is -0.104. The van der Waals surface area contributed by atoms with Crippen LogP contribution in [0.15, 0.2) is 47.1 Å². The van der Waals surface area contributed by atoms with E-state index in [0.29, 0.717) is 0 Å². The van der Waals surface area contributed by atoms with Crippen LogP contribution in [0.2, 0.25) is 0 Å². The van der Waals surface area contributed by atoms with Crippen molar-refractivity contribution in [2.75, 3.05) is 0 Å². The van der Waals surface area contributed by atoms with Crippen LogP contribution < -0.4 is 0 Å². The molecule has 0 aromatic heterocycles. The van der Waals surface area contributed by atoms with Gasteiger partial charge in [0.15, 0.2) is 0 Å². The summed E-state index contributed by atoms with van der Waals surface area (Å²) in [5.41, 5.74) is 3.70. The van der Waals surface area contributed by atoms with Crippen LogP contribution in [0.4, 0.5) is 0 Å². The number of allylic oxidation sites excluding steroid dienone is 8. The molecule has 16 heavy (non-hydrogen) atoms. The van der Waals surface area contributed by atoms with E-state index >= 15 is 0 Å². The van der Waals surface area contributed by atoms with E-state index in [2.05, 4.69) is 32.9 Å². The standard InChI is InChI=1S/C15H22O/c1-13(2)7-5-8-14(3)9-6-10-15(4)11-12-16/h6-7,9-12H,5,8H2,1-4H3/b10-6+,14-9-,15-11+. The van der Waals surface area contributed by atoms with Gasteiger partial charge in [0.05, 0.1) is 0 Å². The molecule has 1 nitrogen and oxygen atoms in total. The minimum atomic E-state index is 0.811. The first-order valence-corrected chi connectivity index (χ1v) is 5.65. The molecular weight excluding hydrogens is 196 g/mol. The molecule has 0 spiro atoms. The minimum absolute atomic E-state index is 0.811. The summed E-state index contributed by atoms with van der Waals surface area (Å²) in [6, 6.07) is 0. The maximum atomic E-state index is 10.2. The van der Waals surface area contributed by atoms with Crippen LogP contribution in [0, 0.1) is 0 Å². The normalized spacial score (nSPS) is 13.0. The van der Waals surface area contributed by atoms with E-state index in [4.69, 9.17) is 0 Å². The Balaban J connectivity index is 4.09. The quantitative estimate of drug-likeness (QED) is 0.280. The highest BCUT2D eigenvalue weighted by Crippen LogP contribution is 2.07. The molecule has 0 aromatic carbocycles. The second-order valence-electron chi connectivity index (χ2n) is 4.24. The summed E-state index contributed by atoms with van der Waals surface area (Å²) in [6.45, 7) is 8.28. The summed E-state index contributed by atoms with van der Waals surface area (Å²) >= 11 is 0. The molecule has 88 valence electrons. The third kappa shape index (κ3) is 9.20. The summed E-state index contributed by atoms with van der Waals surface area (Å²) < 4.78 is 0. The van der Waals surface area contributed by atoms with Crippen LogP contribution in [0.1, 0.15) is 40.5 Å². The molecule has 0 bridgehead atoms. The van der Waals surface area contributed by atoms with Gasteiger partial charge in [-0.1, -0.05) is 35.5 Å². The van der Waals surface area contributed by atoms with Crippen molar-refractivity contribution in [3.63, 3.8) is 0 Å². The van der Waals surface area contributed by atoms with Gasteiger partial charge < -0.3 is 0 Å². The lowest BCUT2D eigenvalue weighted by Gasteiger charge is -1.96. The van der Waals surface area contributed by atoms with Crippen molar-refractivity contribution in [2.45, 2.75) is 40.5 Å². The number of rotatable bonds is 6. The molecule has 0 rings (SSSR count). The summed E-state index contributed by atoms with van der Waals surface area (Å²) in [6.07, 6.45) is 12.8. The average molecular weight is 218 g/mol. The zero-order valence-corrected chi connectivity index (χ0v) is 10.8. The van der Waals surface area contributed by atoms with Gasteiger partial charge in [0.25, 0.3) is 0 Å². The Morgan fingerprint density at radius 3 is 2.31 bits per heavy atom. The fraction of sp³-hybridized carbons (Fsp3) is 0.400. The molecule has 0 N–H and O–H groups in total. The summed E-state index contributed by atoms with van der Waals surface area (Å²) in [5.74, 6) is 0. The van der Waals surface area contributed by atoms with Gasteiger partial charge in [0.2, 0.25) is 0 Å². The van der Waals surface area contributed by atoms with Crippen molar-refractivity contribution in [3.8, 4) is 0 Å². The Hall–Kier alpha value is -1.37. The molecular formula is C15H22O. The van der Waals surface area contributed by atoms with Gasteiger partial charge in [-0.25, -0.2) is 0 Å². The summed E-state index contributed by atoms with van der Waals surface area (Å²) in [4.78, 5) is 10.2. The topological polar surface area (TPSA) is 17.1 Å². The lowest BCUT2D eigenvalue weighted by Crippen LogP contribution is -1.76. The second-order valence-corrected chi connectivity index (χ2v) is 4.24. The van der Waals surface area contributed by atoms with Crippen LogP contribution in [-0.2, 0) is 4.79 Å². The van der Waals surface area contributed by atoms with Gasteiger partial charge in [-0.3, -0.25) is 4.79 Å². The first-order valence-electron chi connectivity index (χ1n) is 5.65. The Morgan fingerprint density at radius 1 is 1.06 bits per heavy atom. The highest BCUT2D eigenvalue weighted by Gasteiger charge is 1.86. The zero-order chi connectivity index (χ0) is 12.4. The van der Waals surface area contributed by atoms with E-state index in [-0.39, 0.29) is 0 Å². The number of aldehydes is 1. The predicted molar refractivity (Wildman–Crippen MR) is 71.4 cm³/mol. The predicted octanol–water partition coefficient (Wildman–Crippen LogP) is 4.38. The van der Waals surface area contributed by atoms with Gasteiger partial charge in [-0.15, -0.1) is 0 Å². The molecule has 0 amide bonds. The maximum Gasteiger partial charge on any atom is 0.143 e. The van der Waals surface area contributed by atoms with E-state index in [1.807, 2.05) is 19.1 Å². The average Bonchev–Trinajstić information content (AvgIpc) is 2.17. The fourth-order valence-electron chi connectivity index (χ4n) is 1.20. The van der Waals surface area contributed by atoms with Crippen molar-refractivity contribution >= 4 is 6.29 Å². The molecule has 0 heterocycles. The van der Waals surface area contributed by atoms with Crippen LogP contribution in [-0.4, -0.2) is 6.29 Å². The van der Waals surface area contributed by atoms with Crippen molar-refractivity contribution < 1.29 is 4.79 Å². The molecule has 1 heteroatoms. The van der Waals surface area contributed by atoms with E-state index in [0.717, 1.165) is 24.7 Å². The van der Waals surface area contributed by atoms with Crippen LogP contribution in [0.5, 0.6) is 0 Å². The number of carbonyl (C=O) groups excluding carboxylic acids is 1. The molecule has 0 aromatic rings. The van der Waals surface area contributed by atoms with Gasteiger partial charge in [-0.2, -0.15) is 0 Å².